The van der Waals surface area contributed by atoms with Crippen LogP contribution in [0.4, 0.5) is 0 Å². The molecule has 5 heteroatoms. The molecule has 2 aromatic rings. The predicted molar refractivity (Wildman–Crippen MR) is 109 cm³/mol. The van der Waals surface area contributed by atoms with Crippen molar-refractivity contribution >= 4 is 23.2 Å². The Morgan fingerprint density at radius 3 is 2.00 bits per heavy atom. The molecule has 2 rings (SSSR count). The Morgan fingerprint density at radius 2 is 1.63 bits per heavy atom. The molecule has 0 radical (unpaired) electrons. The first-order chi connectivity index (χ1) is 11.9. The lowest BCUT2D eigenvalue weighted by atomic mass is 9.78. The van der Waals surface area contributed by atoms with Gasteiger partial charge >= 0.3 is 0 Å². The first-order valence-electron chi connectivity index (χ1n) is 8.87. The highest BCUT2D eigenvalue weighted by atomic mass is 79.9. The van der Waals surface area contributed by atoms with Crippen LogP contribution in [0, 0.1) is 6.92 Å². The van der Waals surface area contributed by atoms with Crippen LogP contribution in [0.2, 0.25) is 0 Å². The molecule has 1 aromatic heterocycles. The van der Waals surface area contributed by atoms with E-state index in [0.29, 0.717) is 11.3 Å². The van der Waals surface area contributed by atoms with Crippen LogP contribution >= 0.6 is 11.3 Å². The number of ketones is 1. The quantitative estimate of drug-likeness (QED) is 0.571. The van der Waals surface area contributed by atoms with Crippen molar-refractivity contribution < 1.29 is 31.4 Å². The molecule has 0 saturated heterocycles. The summed E-state index contributed by atoms with van der Waals surface area (Å²) < 4.78 is 1.96. The number of carbonyl (C=O) groups excluding carboxylic acids is 1. The maximum atomic E-state index is 13.0. The van der Waals surface area contributed by atoms with E-state index in [0.717, 1.165) is 21.7 Å². The summed E-state index contributed by atoms with van der Waals surface area (Å²) >= 11 is 1.58. The molecule has 0 spiro atoms. The molecule has 0 amide bonds. The Labute approximate surface area is 177 Å². The van der Waals surface area contributed by atoms with Crippen molar-refractivity contribution in [2.24, 2.45) is 0 Å². The maximum Gasteiger partial charge on any atom is 0.227 e. The summed E-state index contributed by atoms with van der Waals surface area (Å²) in [6, 6.07) is 3.70. The number of Topliss-reactive ketones (excluding diaryl/α,β-unsaturated/α-hetero) is 1. The molecule has 148 valence electrons. The zero-order chi connectivity index (χ0) is 19.9. The van der Waals surface area contributed by atoms with Gasteiger partial charge in [0.25, 0.3) is 0 Å². The number of nitrogens with zero attached hydrogens (tertiary/aromatic N) is 1. The van der Waals surface area contributed by atoms with Crippen molar-refractivity contribution in [2.75, 3.05) is 0 Å². The molecule has 1 heterocycles. The molecule has 1 N–H and O–H groups in total. The number of aromatic hydroxyl groups is 1. The van der Waals surface area contributed by atoms with Crippen molar-refractivity contribution in [1.29, 1.82) is 0 Å². The van der Waals surface area contributed by atoms with E-state index >= 15 is 0 Å². The molecule has 3 nitrogen and oxygen atoms in total. The molecule has 0 aliphatic rings. The third-order valence-electron chi connectivity index (χ3n) is 4.64. The highest BCUT2D eigenvalue weighted by Gasteiger charge is 2.28. The van der Waals surface area contributed by atoms with Gasteiger partial charge in [-0.1, -0.05) is 59.5 Å². The molecule has 0 bridgehead atoms. The van der Waals surface area contributed by atoms with E-state index in [1.807, 2.05) is 35.2 Å². The Kier molecular flexibility index (Phi) is 7.23. The number of phenolic OH excluding ortho intramolecular Hbond substituents is 1. The van der Waals surface area contributed by atoms with E-state index in [9.17, 15) is 9.90 Å². The zero-order valence-electron chi connectivity index (χ0n) is 17.3. The summed E-state index contributed by atoms with van der Waals surface area (Å²) in [7, 11) is 0. The molecule has 0 saturated carbocycles. The molecular formula is C22H30BrNO2S. The molecular weight excluding hydrogens is 422 g/mol. The smallest absolute Gasteiger partial charge is 0.227 e. The second-order valence-corrected chi connectivity index (χ2v) is 9.73. The lowest BCUT2D eigenvalue weighted by Crippen LogP contribution is -3.00. The summed E-state index contributed by atoms with van der Waals surface area (Å²) in [5.74, 6) is 0.345. The van der Waals surface area contributed by atoms with Gasteiger partial charge in [0.1, 0.15) is 5.75 Å². The Bertz CT molecular complexity index is 819. The lowest BCUT2D eigenvalue weighted by molar-refractivity contribution is -0.684. The fourth-order valence-electron chi connectivity index (χ4n) is 2.96. The Hall–Kier alpha value is -1.46. The van der Waals surface area contributed by atoms with Crippen molar-refractivity contribution in [3.63, 3.8) is 0 Å². The molecule has 1 aromatic carbocycles. The number of thiazole rings is 1. The highest BCUT2D eigenvalue weighted by Crippen LogP contribution is 2.39. The van der Waals surface area contributed by atoms with E-state index < -0.39 is 0 Å². The number of hydrogen-bond acceptors (Lipinski definition) is 3. The summed E-state index contributed by atoms with van der Waals surface area (Å²) in [5, 5.41) is 10.8. The Morgan fingerprint density at radius 1 is 1.15 bits per heavy atom. The number of rotatable bonds is 4. The summed E-state index contributed by atoms with van der Waals surface area (Å²) in [6.07, 6.45) is 1.82. The van der Waals surface area contributed by atoms with Gasteiger partial charge in [-0.25, -0.2) is 0 Å². The largest absolute Gasteiger partial charge is 1.00 e. The summed E-state index contributed by atoms with van der Waals surface area (Å²) in [6.45, 7) is 18.4. The van der Waals surface area contributed by atoms with Crippen molar-refractivity contribution in [1.82, 2.24) is 0 Å². The third-order valence-corrected chi connectivity index (χ3v) is 5.72. The highest BCUT2D eigenvalue weighted by molar-refractivity contribution is 7.10. The fraction of sp³-hybridized carbons (Fsp3) is 0.455. The van der Waals surface area contributed by atoms with Crippen LogP contribution in [0.15, 0.2) is 24.2 Å². The van der Waals surface area contributed by atoms with Gasteiger partial charge in [-0.3, -0.25) is 4.79 Å². The number of aromatic nitrogens is 1. The number of carbonyl (C=O) groups is 1. The van der Waals surface area contributed by atoms with Gasteiger partial charge in [0.15, 0.2) is 5.69 Å². The van der Waals surface area contributed by atoms with Gasteiger partial charge in [-0.2, -0.15) is 4.57 Å². The standard InChI is InChI=1S/C22H29NO2S.BrH/c1-9-19-14(2)23(13-26-19)12-18(24)15-10-16(21(3,4)5)20(25)17(11-15)22(6,7)8;/h9-11,13H,1,12H2,2-8H3;1H. The average Bonchev–Trinajstić information content (AvgIpc) is 2.85. The van der Waals surface area contributed by atoms with E-state index in [-0.39, 0.29) is 40.1 Å². The Balaban J connectivity index is 0.00000364. The van der Waals surface area contributed by atoms with Gasteiger partial charge in [0, 0.05) is 23.6 Å². The minimum atomic E-state index is -0.248. The summed E-state index contributed by atoms with van der Waals surface area (Å²) in [4.78, 5) is 14.1. The SMILES string of the molecule is C=Cc1sc[n+](CC(=O)c2cc(C(C)(C)C)c(O)c(C(C)(C)C)c2)c1C.[Br-]. The first-order valence-corrected chi connectivity index (χ1v) is 9.75. The first kappa shape index (κ1) is 23.6. The van der Waals surface area contributed by atoms with Gasteiger partial charge in [0.05, 0.1) is 4.88 Å². The minimum Gasteiger partial charge on any atom is -1.00 e. The summed E-state index contributed by atoms with van der Waals surface area (Å²) in [5.41, 5.74) is 4.78. The van der Waals surface area contributed by atoms with E-state index in [1.54, 1.807) is 11.3 Å². The average molecular weight is 452 g/mol. The van der Waals surface area contributed by atoms with Crippen molar-refractivity contribution in [2.45, 2.75) is 65.8 Å². The zero-order valence-corrected chi connectivity index (χ0v) is 19.7. The second kappa shape index (κ2) is 8.27. The molecule has 0 atom stereocenters. The minimum absolute atomic E-state index is 0. The van der Waals surface area contributed by atoms with Crippen LogP contribution in [-0.2, 0) is 17.4 Å². The van der Waals surface area contributed by atoms with Crippen LogP contribution in [0.5, 0.6) is 5.75 Å². The van der Waals surface area contributed by atoms with Crippen molar-refractivity contribution in [3.05, 3.63) is 51.5 Å². The molecule has 0 aliphatic carbocycles. The van der Waals surface area contributed by atoms with Gasteiger partial charge in [0.2, 0.25) is 17.8 Å². The lowest BCUT2D eigenvalue weighted by Gasteiger charge is -2.27. The fourth-order valence-corrected chi connectivity index (χ4v) is 3.82. The normalized spacial score (nSPS) is 11.8. The molecule has 27 heavy (non-hydrogen) atoms. The molecule has 0 unspecified atom stereocenters. The molecule has 0 fully saturated rings. The predicted octanol–water partition coefficient (Wildman–Crippen LogP) is 2.17. The van der Waals surface area contributed by atoms with Gasteiger partial charge in [-0.15, -0.1) is 0 Å². The number of halogens is 1. The maximum absolute atomic E-state index is 13.0. The van der Waals surface area contributed by atoms with Crippen LogP contribution in [0.1, 0.15) is 73.6 Å². The topological polar surface area (TPSA) is 41.2 Å². The van der Waals surface area contributed by atoms with E-state index in [2.05, 4.69) is 48.1 Å². The van der Waals surface area contributed by atoms with Gasteiger partial charge in [-0.05, 0) is 29.0 Å². The van der Waals surface area contributed by atoms with Crippen molar-refractivity contribution in [3.8, 4) is 5.75 Å². The van der Waals surface area contributed by atoms with Crippen LogP contribution in [0.3, 0.4) is 0 Å². The van der Waals surface area contributed by atoms with E-state index in [4.69, 9.17) is 0 Å². The number of benzene rings is 1. The molecule has 0 aliphatic heterocycles. The van der Waals surface area contributed by atoms with Crippen LogP contribution in [-0.4, -0.2) is 10.9 Å². The van der Waals surface area contributed by atoms with Gasteiger partial charge < -0.3 is 22.1 Å². The number of phenols is 1. The monoisotopic (exact) mass is 451 g/mol. The third kappa shape index (κ3) is 5.08. The second-order valence-electron chi connectivity index (χ2n) is 8.85. The van der Waals surface area contributed by atoms with E-state index in [1.165, 1.54) is 0 Å². The van der Waals surface area contributed by atoms with Crippen LogP contribution in [0.25, 0.3) is 6.08 Å². The number of hydrogen-bond donors (Lipinski definition) is 1. The van der Waals surface area contributed by atoms with Crippen LogP contribution < -0.4 is 21.5 Å².